The molecule has 0 radical (unpaired) electrons. The van der Waals surface area contributed by atoms with E-state index in [1.807, 2.05) is 11.3 Å². The number of nitrogens with one attached hydrogen (secondary N) is 1. The highest BCUT2D eigenvalue weighted by atomic mass is 32.1. The van der Waals surface area contributed by atoms with Crippen LogP contribution in [0.1, 0.15) is 38.3 Å². The maximum absolute atomic E-state index is 4.72. The molecule has 1 saturated heterocycles. The molecule has 100 valence electrons. The van der Waals surface area contributed by atoms with Crippen molar-refractivity contribution < 1.29 is 0 Å². The Morgan fingerprint density at radius 1 is 1.44 bits per heavy atom. The van der Waals surface area contributed by atoms with Crippen LogP contribution in [0.3, 0.4) is 0 Å². The lowest BCUT2D eigenvalue weighted by Gasteiger charge is -2.32. The predicted octanol–water partition coefficient (Wildman–Crippen LogP) is 2.67. The van der Waals surface area contributed by atoms with E-state index in [2.05, 4.69) is 22.5 Å². The zero-order chi connectivity index (χ0) is 12.4. The third kappa shape index (κ3) is 3.04. The van der Waals surface area contributed by atoms with Gasteiger partial charge in [0.15, 0.2) is 5.13 Å². The van der Waals surface area contributed by atoms with Crippen LogP contribution in [0.4, 0.5) is 5.13 Å². The monoisotopic (exact) mass is 265 g/mol. The van der Waals surface area contributed by atoms with Crippen LogP contribution in [0.5, 0.6) is 0 Å². The van der Waals surface area contributed by atoms with E-state index in [0.29, 0.717) is 0 Å². The van der Waals surface area contributed by atoms with Crippen LogP contribution < -0.4 is 10.2 Å². The highest BCUT2D eigenvalue weighted by Crippen LogP contribution is 2.27. The lowest BCUT2D eigenvalue weighted by atomic mass is 9.98. The summed E-state index contributed by atoms with van der Waals surface area (Å²) in [5.74, 6) is 0.813. The summed E-state index contributed by atoms with van der Waals surface area (Å²) in [5, 5.41) is 7.12. The number of aromatic nitrogens is 1. The summed E-state index contributed by atoms with van der Waals surface area (Å²) < 4.78 is 0. The van der Waals surface area contributed by atoms with Gasteiger partial charge >= 0.3 is 0 Å². The highest BCUT2D eigenvalue weighted by molar-refractivity contribution is 7.13. The van der Waals surface area contributed by atoms with Crippen molar-refractivity contribution in [1.82, 2.24) is 10.3 Å². The van der Waals surface area contributed by atoms with E-state index in [9.17, 15) is 0 Å². The number of thiazole rings is 1. The van der Waals surface area contributed by atoms with Gasteiger partial charge < -0.3 is 10.2 Å². The largest absolute Gasteiger partial charge is 0.348 e. The fourth-order valence-corrected chi connectivity index (χ4v) is 3.58. The minimum Gasteiger partial charge on any atom is -0.348 e. The van der Waals surface area contributed by atoms with Crippen LogP contribution in [0, 0.1) is 5.92 Å². The van der Waals surface area contributed by atoms with E-state index < -0.39 is 0 Å². The molecule has 3 rings (SSSR count). The van der Waals surface area contributed by atoms with Crippen LogP contribution in [0.25, 0.3) is 0 Å². The standard InChI is InChI=1S/C14H23N3S/c1-2-12-10-18-14(16-12)17-7-3-4-11(9-17)8-15-13-5-6-13/h10-11,13,15H,2-9H2,1H3. The van der Waals surface area contributed by atoms with Crippen LogP contribution in [-0.2, 0) is 6.42 Å². The minimum atomic E-state index is 0.813. The van der Waals surface area contributed by atoms with Crippen LogP contribution in [0.2, 0.25) is 0 Å². The van der Waals surface area contributed by atoms with Gasteiger partial charge in [-0.05, 0) is 44.6 Å². The molecule has 1 aliphatic heterocycles. The van der Waals surface area contributed by atoms with Gasteiger partial charge in [-0.3, -0.25) is 0 Å². The number of nitrogens with zero attached hydrogens (tertiary/aromatic N) is 2. The van der Waals surface area contributed by atoms with Crippen LogP contribution in [0.15, 0.2) is 5.38 Å². The van der Waals surface area contributed by atoms with Crippen LogP contribution in [-0.4, -0.2) is 30.7 Å². The van der Waals surface area contributed by atoms with Gasteiger partial charge in [-0.25, -0.2) is 4.98 Å². The quantitative estimate of drug-likeness (QED) is 0.887. The van der Waals surface area contributed by atoms with Gasteiger partial charge in [-0.1, -0.05) is 6.92 Å². The van der Waals surface area contributed by atoms with Gasteiger partial charge in [0.25, 0.3) is 0 Å². The zero-order valence-corrected chi connectivity index (χ0v) is 12.0. The molecule has 2 fully saturated rings. The molecule has 1 atom stereocenters. The Balaban J connectivity index is 1.55. The number of piperidine rings is 1. The number of hydrogen-bond acceptors (Lipinski definition) is 4. The molecule has 1 aromatic heterocycles. The van der Waals surface area contributed by atoms with Gasteiger partial charge in [0, 0.05) is 24.5 Å². The van der Waals surface area contributed by atoms with Crippen molar-refractivity contribution in [2.45, 2.75) is 45.1 Å². The zero-order valence-electron chi connectivity index (χ0n) is 11.2. The smallest absolute Gasteiger partial charge is 0.185 e. The lowest BCUT2D eigenvalue weighted by Crippen LogP contribution is -2.40. The van der Waals surface area contributed by atoms with Crippen molar-refractivity contribution in [2.75, 3.05) is 24.5 Å². The maximum Gasteiger partial charge on any atom is 0.185 e. The second-order valence-electron chi connectivity index (χ2n) is 5.61. The van der Waals surface area contributed by atoms with Crippen molar-refractivity contribution >= 4 is 16.5 Å². The first kappa shape index (κ1) is 12.4. The third-order valence-electron chi connectivity index (χ3n) is 3.96. The number of rotatable bonds is 5. The normalized spacial score (nSPS) is 24.5. The highest BCUT2D eigenvalue weighted by Gasteiger charge is 2.25. The first-order chi connectivity index (χ1) is 8.85. The number of aryl methyl sites for hydroxylation is 1. The summed E-state index contributed by atoms with van der Waals surface area (Å²) in [6.07, 6.45) is 6.53. The molecule has 1 aliphatic carbocycles. The molecule has 1 unspecified atom stereocenters. The molecule has 0 bridgehead atoms. The molecular weight excluding hydrogens is 242 g/mol. The average Bonchev–Trinajstić information content (AvgIpc) is 3.12. The Morgan fingerprint density at radius 2 is 2.33 bits per heavy atom. The molecule has 3 nitrogen and oxygen atoms in total. The molecule has 1 N–H and O–H groups in total. The minimum absolute atomic E-state index is 0.813. The molecule has 0 spiro atoms. The summed E-state index contributed by atoms with van der Waals surface area (Å²) >= 11 is 1.81. The molecule has 18 heavy (non-hydrogen) atoms. The predicted molar refractivity (Wildman–Crippen MR) is 77.5 cm³/mol. The van der Waals surface area contributed by atoms with Gasteiger partial charge in [0.2, 0.25) is 0 Å². The van der Waals surface area contributed by atoms with Gasteiger partial charge in [0.1, 0.15) is 0 Å². The second kappa shape index (κ2) is 5.57. The van der Waals surface area contributed by atoms with E-state index in [1.165, 1.54) is 56.1 Å². The summed E-state index contributed by atoms with van der Waals surface area (Å²) in [6.45, 7) is 5.76. The molecule has 0 amide bonds. The lowest BCUT2D eigenvalue weighted by molar-refractivity contribution is 0.391. The SMILES string of the molecule is CCc1csc(N2CCCC(CNC3CC3)C2)n1. The molecule has 2 heterocycles. The van der Waals surface area contributed by atoms with Crippen molar-refractivity contribution in [2.24, 2.45) is 5.92 Å². The first-order valence-electron chi connectivity index (χ1n) is 7.28. The summed E-state index contributed by atoms with van der Waals surface area (Å²) in [7, 11) is 0. The summed E-state index contributed by atoms with van der Waals surface area (Å²) in [5.41, 5.74) is 1.24. The van der Waals surface area contributed by atoms with E-state index >= 15 is 0 Å². The Kier molecular flexibility index (Phi) is 3.85. The van der Waals surface area contributed by atoms with Gasteiger partial charge in [-0.15, -0.1) is 11.3 Å². The maximum atomic E-state index is 4.72. The number of hydrogen-bond donors (Lipinski definition) is 1. The fourth-order valence-electron chi connectivity index (χ4n) is 2.63. The first-order valence-corrected chi connectivity index (χ1v) is 8.16. The Labute approximate surface area is 114 Å². The van der Waals surface area contributed by atoms with E-state index in [-0.39, 0.29) is 0 Å². The van der Waals surface area contributed by atoms with E-state index in [4.69, 9.17) is 4.98 Å². The van der Waals surface area contributed by atoms with Crippen molar-refractivity contribution in [3.05, 3.63) is 11.1 Å². The van der Waals surface area contributed by atoms with Crippen molar-refractivity contribution in [1.29, 1.82) is 0 Å². The summed E-state index contributed by atoms with van der Waals surface area (Å²) in [6, 6.07) is 0.840. The third-order valence-corrected chi connectivity index (χ3v) is 4.91. The Morgan fingerprint density at radius 3 is 3.06 bits per heavy atom. The summed E-state index contributed by atoms with van der Waals surface area (Å²) in [4.78, 5) is 7.21. The topological polar surface area (TPSA) is 28.2 Å². The van der Waals surface area contributed by atoms with Crippen molar-refractivity contribution in [3.63, 3.8) is 0 Å². The molecule has 2 aliphatic rings. The van der Waals surface area contributed by atoms with Crippen molar-refractivity contribution in [3.8, 4) is 0 Å². The van der Waals surface area contributed by atoms with E-state index in [0.717, 1.165) is 18.4 Å². The fraction of sp³-hybridized carbons (Fsp3) is 0.786. The molecular formula is C14H23N3S. The average molecular weight is 265 g/mol. The van der Waals surface area contributed by atoms with Gasteiger partial charge in [0.05, 0.1) is 5.69 Å². The van der Waals surface area contributed by atoms with Crippen LogP contribution >= 0.6 is 11.3 Å². The molecule has 0 aromatic carbocycles. The second-order valence-corrected chi connectivity index (χ2v) is 6.45. The molecule has 4 heteroatoms. The Hall–Kier alpha value is -0.610. The number of anilines is 1. The van der Waals surface area contributed by atoms with E-state index in [1.54, 1.807) is 0 Å². The molecule has 1 saturated carbocycles. The van der Waals surface area contributed by atoms with Gasteiger partial charge in [-0.2, -0.15) is 0 Å². The Bertz CT molecular complexity index is 386. The molecule has 1 aromatic rings.